The molecule has 19 heavy (non-hydrogen) atoms. The lowest BCUT2D eigenvalue weighted by Crippen LogP contribution is -1.96. The summed E-state index contributed by atoms with van der Waals surface area (Å²) < 4.78 is 11.7. The van der Waals surface area contributed by atoms with E-state index in [0.29, 0.717) is 4.83 Å². The molecule has 1 aromatic heterocycles. The van der Waals surface area contributed by atoms with Crippen molar-refractivity contribution in [3.05, 3.63) is 44.6 Å². The van der Waals surface area contributed by atoms with Crippen molar-refractivity contribution in [1.29, 1.82) is 0 Å². The lowest BCUT2D eigenvalue weighted by atomic mass is 10.1. The third-order valence-corrected chi connectivity index (χ3v) is 5.19. The van der Waals surface area contributed by atoms with Gasteiger partial charge < -0.3 is 9.47 Å². The quantitative estimate of drug-likeness (QED) is 0.636. The normalized spacial score (nSPS) is 12.2. The first-order valence-corrected chi connectivity index (χ1v) is 8.31. The van der Waals surface area contributed by atoms with Gasteiger partial charge in [0.05, 0.1) is 18.0 Å². The Hall–Kier alpha value is -0.520. The molecular weight excluding hydrogens is 392 g/mol. The van der Waals surface area contributed by atoms with Crippen molar-refractivity contribution in [3.63, 3.8) is 0 Å². The Balaban J connectivity index is 2.14. The van der Waals surface area contributed by atoms with Gasteiger partial charge in [-0.15, -0.1) is 11.3 Å². The summed E-state index contributed by atoms with van der Waals surface area (Å²) >= 11 is 8.92. The van der Waals surface area contributed by atoms with Gasteiger partial charge in [-0.25, -0.2) is 0 Å². The molecule has 0 amide bonds. The highest BCUT2D eigenvalue weighted by atomic mass is 79.9. The van der Waals surface area contributed by atoms with Gasteiger partial charge in [-0.1, -0.05) is 22.0 Å². The average Bonchev–Trinajstić information content (AvgIpc) is 2.85. The molecule has 0 aliphatic rings. The molecular formula is C14H14Br2O2S. The molecule has 0 saturated carbocycles. The molecule has 102 valence electrons. The molecule has 0 saturated heterocycles. The van der Waals surface area contributed by atoms with E-state index in [4.69, 9.17) is 9.47 Å². The van der Waals surface area contributed by atoms with E-state index in [9.17, 15) is 0 Å². The molecule has 0 radical (unpaired) electrons. The third-order valence-electron chi connectivity index (χ3n) is 2.81. The van der Waals surface area contributed by atoms with Gasteiger partial charge in [-0.3, -0.25) is 0 Å². The smallest absolute Gasteiger partial charge is 0.160 e. The van der Waals surface area contributed by atoms with Gasteiger partial charge in [0.25, 0.3) is 0 Å². The zero-order valence-electron chi connectivity index (χ0n) is 10.7. The van der Waals surface area contributed by atoms with Gasteiger partial charge in [0.2, 0.25) is 0 Å². The van der Waals surface area contributed by atoms with Crippen LogP contribution in [-0.4, -0.2) is 14.2 Å². The van der Waals surface area contributed by atoms with Gasteiger partial charge in [0.1, 0.15) is 0 Å². The van der Waals surface area contributed by atoms with Gasteiger partial charge in [-0.05, 0) is 57.1 Å². The molecule has 5 heteroatoms. The fourth-order valence-corrected chi connectivity index (χ4v) is 3.86. The van der Waals surface area contributed by atoms with Crippen LogP contribution in [0.2, 0.25) is 0 Å². The number of hydrogen-bond acceptors (Lipinski definition) is 3. The summed E-state index contributed by atoms with van der Waals surface area (Å²) in [5.41, 5.74) is 2.49. The minimum absolute atomic E-state index is 0.299. The van der Waals surface area contributed by atoms with E-state index in [0.717, 1.165) is 21.7 Å². The fourth-order valence-electron chi connectivity index (χ4n) is 1.82. The maximum atomic E-state index is 5.32. The van der Waals surface area contributed by atoms with E-state index in [-0.39, 0.29) is 0 Å². The van der Waals surface area contributed by atoms with Crippen molar-refractivity contribution in [2.45, 2.75) is 11.2 Å². The molecule has 1 heterocycles. The maximum Gasteiger partial charge on any atom is 0.160 e. The van der Waals surface area contributed by atoms with Gasteiger partial charge >= 0.3 is 0 Å². The highest BCUT2D eigenvalue weighted by Crippen LogP contribution is 2.35. The van der Waals surface area contributed by atoms with Crippen LogP contribution in [0.1, 0.15) is 16.0 Å². The maximum absolute atomic E-state index is 5.32. The number of halogens is 2. The largest absolute Gasteiger partial charge is 0.493 e. The van der Waals surface area contributed by atoms with Crippen LogP contribution in [0.4, 0.5) is 0 Å². The molecule has 0 fully saturated rings. The van der Waals surface area contributed by atoms with Crippen molar-refractivity contribution in [3.8, 4) is 11.5 Å². The van der Waals surface area contributed by atoms with Crippen LogP contribution in [0.15, 0.2) is 33.4 Å². The minimum atomic E-state index is 0.299. The lowest BCUT2D eigenvalue weighted by molar-refractivity contribution is 0.354. The number of hydrogen-bond donors (Lipinski definition) is 0. The molecule has 1 unspecified atom stereocenters. The molecule has 1 aromatic carbocycles. The summed E-state index contributed by atoms with van der Waals surface area (Å²) in [5.74, 6) is 1.53. The lowest BCUT2D eigenvalue weighted by Gasteiger charge is -2.12. The molecule has 0 spiro atoms. The number of alkyl halides is 1. The molecule has 0 aliphatic carbocycles. The Kier molecular flexibility index (Phi) is 5.30. The third kappa shape index (κ3) is 3.74. The molecule has 2 aromatic rings. The molecule has 0 bridgehead atoms. The second kappa shape index (κ2) is 6.77. The summed E-state index contributed by atoms with van der Waals surface area (Å²) in [4.78, 5) is 0.299. The molecule has 2 rings (SSSR count). The molecule has 1 atom stereocenters. The first kappa shape index (κ1) is 14.9. The van der Waals surface area contributed by atoms with Crippen molar-refractivity contribution in [2.75, 3.05) is 14.2 Å². The van der Waals surface area contributed by atoms with Crippen LogP contribution in [-0.2, 0) is 6.42 Å². The fraction of sp³-hybridized carbons (Fsp3) is 0.286. The number of methoxy groups -OCH3 is 2. The van der Waals surface area contributed by atoms with E-state index in [2.05, 4.69) is 49.4 Å². The van der Waals surface area contributed by atoms with Crippen molar-refractivity contribution in [2.24, 2.45) is 0 Å². The van der Waals surface area contributed by atoms with Crippen molar-refractivity contribution >= 4 is 43.2 Å². The highest BCUT2D eigenvalue weighted by molar-refractivity contribution is 9.11. The highest BCUT2D eigenvalue weighted by Gasteiger charge is 2.12. The van der Waals surface area contributed by atoms with E-state index in [1.807, 2.05) is 12.1 Å². The molecule has 0 N–H and O–H groups in total. The molecule has 2 nitrogen and oxygen atoms in total. The Bertz CT molecular complexity index is 554. The summed E-state index contributed by atoms with van der Waals surface area (Å²) in [6.07, 6.45) is 0.906. The number of benzene rings is 1. The summed E-state index contributed by atoms with van der Waals surface area (Å²) in [6.45, 7) is 0. The monoisotopic (exact) mass is 404 g/mol. The van der Waals surface area contributed by atoms with E-state index >= 15 is 0 Å². The Morgan fingerprint density at radius 2 is 1.89 bits per heavy atom. The first-order valence-electron chi connectivity index (χ1n) is 5.73. The van der Waals surface area contributed by atoms with Crippen LogP contribution >= 0.6 is 43.2 Å². The Morgan fingerprint density at radius 1 is 1.16 bits per heavy atom. The second-order valence-electron chi connectivity index (χ2n) is 4.05. The predicted octanol–water partition coefficient (Wildman–Crippen LogP) is 5.21. The van der Waals surface area contributed by atoms with Gasteiger partial charge in [0.15, 0.2) is 11.5 Å². The summed E-state index contributed by atoms with van der Waals surface area (Å²) in [5, 5.41) is 2.16. The predicted molar refractivity (Wildman–Crippen MR) is 86.9 cm³/mol. The van der Waals surface area contributed by atoms with E-state index in [1.165, 1.54) is 11.1 Å². The van der Waals surface area contributed by atoms with Gasteiger partial charge in [-0.2, -0.15) is 0 Å². The van der Waals surface area contributed by atoms with Crippen LogP contribution in [0.5, 0.6) is 11.5 Å². The Labute approximate surface area is 134 Å². The zero-order valence-corrected chi connectivity index (χ0v) is 14.6. The Morgan fingerprint density at radius 3 is 2.47 bits per heavy atom. The number of rotatable bonds is 5. The van der Waals surface area contributed by atoms with Gasteiger partial charge in [0, 0.05) is 4.83 Å². The van der Waals surface area contributed by atoms with Crippen LogP contribution in [0.25, 0.3) is 0 Å². The number of thiophene rings is 1. The van der Waals surface area contributed by atoms with Crippen LogP contribution in [0.3, 0.4) is 0 Å². The standard InChI is InChI=1S/C14H14Br2O2S/c1-17-12-4-3-9(6-13(12)18-2)5-11(15)10-7-14(16)19-8-10/h3-4,6-8,11H,5H2,1-2H3. The zero-order chi connectivity index (χ0) is 13.8. The SMILES string of the molecule is COc1ccc(CC(Br)c2csc(Br)c2)cc1OC. The van der Waals surface area contributed by atoms with Crippen molar-refractivity contribution < 1.29 is 9.47 Å². The minimum Gasteiger partial charge on any atom is -0.493 e. The summed E-state index contributed by atoms with van der Waals surface area (Å²) in [7, 11) is 3.30. The van der Waals surface area contributed by atoms with Crippen LogP contribution < -0.4 is 9.47 Å². The molecule has 0 aliphatic heterocycles. The number of ether oxygens (including phenoxy) is 2. The van der Waals surface area contributed by atoms with E-state index in [1.54, 1.807) is 25.6 Å². The summed E-state index contributed by atoms with van der Waals surface area (Å²) in [6, 6.07) is 8.17. The topological polar surface area (TPSA) is 18.5 Å². The van der Waals surface area contributed by atoms with E-state index < -0.39 is 0 Å². The second-order valence-corrected chi connectivity index (χ2v) is 7.44. The first-order chi connectivity index (χ1) is 9.13. The average molecular weight is 406 g/mol. The van der Waals surface area contributed by atoms with Crippen molar-refractivity contribution in [1.82, 2.24) is 0 Å². The van der Waals surface area contributed by atoms with Crippen LogP contribution in [0, 0.1) is 0 Å².